The third-order valence-corrected chi connectivity index (χ3v) is 4.54. The smallest absolute Gasteiger partial charge is 0.102 e. The van der Waals surface area contributed by atoms with Crippen LogP contribution in [-0.2, 0) is 4.74 Å². The highest BCUT2D eigenvalue weighted by molar-refractivity contribution is 5.19. The molecular formula is C19H24N2O. The summed E-state index contributed by atoms with van der Waals surface area (Å²) in [6, 6.07) is 22.0. The Balaban J connectivity index is 1.69. The Bertz CT molecular complexity index is 521. The molecule has 2 aromatic carbocycles. The highest BCUT2D eigenvalue weighted by Crippen LogP contribution is 2.27. The maximum absolute atomic E-state index is 5.83. The van der Waals surface area contributed by atoms with Crippen LogP contribution in [-0.4, -0.2) is 29.9 Å². The molecule has 2 aromatic rings. The summed E-state index contributed by atoms with van der Waals surface area (Å²) in [4.78, 5) is 4.75. The minimum Gasteiger partial charge on any atom is -0.351 e. The fourth-order valence-corrected chi connectivity index (χ4v) is 2.94. The van der Waals surface area contributed by atoms with E-state index in [0.717, 1.165) is 6.67 Å². The highest BCUT2D eigenvalue weighted by atomic mass is 16.5. The number of nitrogens with zero attached hydrogens (tertiary/aromatic N) is 2. The van der Waals surface area contributed by atoms with E-state index in [1.165, 1.54) is 11.1 Å². The molecule has 0 bridgehead atoms. The lowest BCUT2D eigenvalue weighted by Gasteiger charge is -2.41. The van der Waals surface area contributed by atoms with E-state index < -0.39 is 0 Å². The van der Waals surface area contributed by atoms with Gasteiger partial charge < -0.3 is 4.74 Å². The zero-order chi connectivity index (χ0) is 15.4. The van der Waals surface area contributed by atoms with Crippen molar-refractivity contribution in [3.05, 3.63) is 71.8 Å². The molecule has 0 radical (unpaired) electrons. The first-order valence-corrected chi connectivity index (χ1v) is 7.91. The largest absolute Gasteiger partial charge is 0.351 e. The molecule has 3 rings (SSSR count). The lowest BCUT2D eigenvalue weighted by molar-refractivity contribution is -0.138. The van der Waals surface area contributed by atoms with E-state index in [0.29, 0.717) is 25.5 Å². The summed E-state index contributed by atoms with van der Waals surface area (Å²) in [6.45, 7) is 6.79. The Kier molecular flexibility index (Phi) is 4.88. The Morgan fingerprint density at radius 3 is 1.55 bits per heavy atom. The summed E-state index contributed by atoms with van der Waals surface area (Å²) in [7, 11) is 0. The molecule has 3 nitrogen and oxygen atoms in total. The summed E-state index contributed by atoms with van der Waals surface area (Å²) in [5.41, 5.74) is 2.67. The molecule has 1 aliphatic rings. The minimum atomic E-state index is 0.354. The van der Waals surface area contributed by atoms with Gasteiger partial charge in [0.1, 0.15) is 13.5 Å². The fourth-order valence-electron chi connectivity index (χ4n) is 2.94. The van der Waals surface area contributed by atoms with E-state index >= 15 is 0 Å². The van der Waals surface area contributed by atoms with Gasteiger partial charge in [-0.05, 0) is 25.0 Å². The Labute approximate surface area is 133 Å². The van der Waals surface area contributed by atoms with Crippen molar-refractivity contribution in [2.45, 2.75) is 25.9 Å². The number of rotatable bonds is 4. The predicted molar refractivity (Wildman–Crippen MR) is 89.1 cm³/mol. The normalized spacial score (nSPS) is 19.7. The van der Waals surface area contributed by atoms with E-state index in [1.54, 1.807) is 0 Å². The molecule has 0 aromatic heterocycles. The van der Waals surface area contributed by atoms with Crippen molar-refractivity contribution in [2.24, 2.45) is 0 Å². The van der Waals surface area contributed by atoms with Gasteiger partial charge in [-0.3, -0.25) is 9.80 Å². The average molecular weight is 296 g/mol. The highest BCUT2D eigenvalue weighted by Gasteiger charge is 2.26. The molecular weight excluding hydrogens is 272 g/mol. The molecule has 22 heavy (non-hydrogen) atoms. The summed E-state index contributed by atoms with van der Waals surface area (Å²) in [5.74, 6) is 0. The van der Waals surface area contributed by atoms with Crippen LogP contribution in [0.4, 0.5) is 0 Å². The van der Waals surface area contributed by atoms with E-state index in [1.807, 2.05) is 0 Å². The first kappa shape index (κ1) is 15.2. The minimum absolute atomic E-state index is 0.354. The summed E-state index contributed by atoms with van der Waals surface area (Å²) in [6.07, 6.45) is 0. The van der Waals surface area contributed by atoms with Crippen molar-refractivity contribution in [1.82, 2.24) is 9.80 Å². The Hall–Kier alpha value is -1.68. The monoisotopic (exact) mass is 296 g/mol. The fraction of sp³-hybridized carbons (Fsp3) is 0.368. The van der Waals surface area contributed by atoms with Crippen molar-refractivity contribution in [1.29, 1.82) is 0 Å². The molecule has 0 N–H and O–H groups in total. The van der Waals surface area contributed by atoms with Crippen molar-refractivity contribution >= 4 is 0 Å². The summed E-state index contributed by atoms with van der Waals surface area (Å²) < 4.78 is 5.83. The van der Waals surface area contributed by atoms with Crippen molar-refractivity contribution in [3.63, 3.8) is 0 Å². The molecule has 1 fully saturated rings. The lowest BCUT2D eigenvalue weighted by Crippen LogP contribution is -2.47. The Morgan fingerprint density at radius 1 is 0.727 bits per heavy atom. The summed E-state index contributed by atoms with van der Waals surface area (Å²) in [5, 5.41) is 0. The van der Waals surface area contributed by atoms with Crippen LogP contribution >= 0.6 is 0 Å². The number of benzene rings is 2. The van der Waals surface area contributed by atoms with Crippen molar-refractivity contribution in [2.75, 3.05) is 20.1 Å². The van der Waals surface area contributed by atoms with Crippen molar-refractivity contribution in [3.8, 4) is 0 Å². The van der Waals surface area contributed by atoms with Crippen LogP contribution in [0.1, 0.15) is 37.1 Å². The zero-order valence-corrected chi connectivity index (χ0v) is 13.4. The first-order valence-electron chi connectivity index (χ1n) is 7.91. The van der Waals surface area contributed by atoms with E-state index in [4.69, 9.17) is 4.74 Å². The standard InChI is InChI=1S/C19H24N2O/c1-16(18-9-5-3-6-10-18)20-13-21(15-22-14-20)17(2)19-11-7-4-8-12-19/h3-12,16-17H,13-15H2,1-2H3/t16-,17-/m1/s1. The molecule has 0 aliphatic carbocycles. The van der Waals surface area contributed by atoms with Crippen LogP contribution in [0.3, 0.4) is 0 Å². The van der Waals surface area contributed by atoms with Crippen molar-refractivity contribution < 1.29 is 4.74 Å². The molecule has 0 unspecified atom stereocenters. The Morgan fingerprint density at radius 2 is 1.14 bits per heavy atom. The zero-order valence-electron chi connectivity index (χ0n) is 13.4. The molecule has 0 saturated carbocycles. The van der Waals surface area contributed by atoms with Crippen LogP contribution in [0.25, 0.3) is 0 Å². The van der Waals surface area contributed by atoms with Gasteiger partial charge in [0, 0.05) is 12.1 Å². The second-order valence-corrected chi connectivity index (χ2v) is 5.95. The van der Waals surface area contributed by atoms with Gasteiger partial charge in [-0.25, -0.2) is 0 Å². The lowest BCUT2D eigenvalue weighted by atomic mass is 10.1. The van der Waals surface area contributed by atoms with Gasteiger partial charge in [-0.15, -0.1) is 0 Å². The van der Waals surface area contributed by atoms with Gasteiger partial charge >= 0.3 is 0 Å². The molecule has 1 saturated heterocycles. The van der Waals surface area contributed by atoms with Gasteiger partial charge in [0.05, 0.1) is 6.67 Å². The van der Waals surface area contributed by atoms with Gasteiger partial charge in [-0.2, -0.15) is 0 Å². The van der Waals surface area contributed by atoms with Gasteiger partial charge in [-0.1, -0.05) is 60.7 Å². The van der Waals surface area contributed by atoms with Gasteiger partial charge in [0.25, 0.3) is 0 Å². The first-order chi connectivity index (χ1) is 10.8. The maximum atomic E-state index is 5.83. The van der Waals surface area contributed by atoms with Gasteiger partial charge in [0.15, 0.2) is 0 Å². The molecule has 0 spiro atoms. The number of hydrogen-bond acceptors (Lipinski definition) is 3. The van der Waals surface area contributed by atoms with E-state index in [2.05, 4.69) is 84.3 Å². The topological polar surface area (TPSA) is 15.7 Å². The third-order valence-electron chi connectivity index (χ3n) is 4.54. The van der Waals surface area contributed by atoms with Crippen LogP contribution in [0.2, 0.25) is 0 Å². The molecule has 116 valence electrons. The predicted octanol–water partition coefficient (Wildman–Crippen LogP) is 4.02. The SMILES string of the molecule is C[C@H](c1ccccc1)N1COCN([C@H](C)c2ccccc2)C1. The van der Waals surface area contributed by atoms with Crippen LogP contribution in [0, 0.1) is 0 Å². The van der Waals surface area contributed by atoms with Crippen LogP contribution in [0.15, 0.2) is 60.7 Å². The van der Waals surface area contributed by atoms with Crippen LogP contribution in [0.5, 0.6) is 0 Å². The summed E-state index contributed by atoms with van der Waals surface area (Å²) >= 11 is 0. The number of hydrogen-bond donors (Lipinski definition) is 0. The molecule has 2 atom stereocenters. The second-order valence-electron chi connectivity index (χ2n) is 5.95. The van der Waals surface area contributed by atoms with E-state index in [9.17, 15) is 0 Å². The maximum Gasteiger partial charge on any atom is 0.102 e. The van der Waals surface area contributed by atoms with E-state index in [-0.39, 0.29) is 0 Å². The molecule has 1 aliphatic heterocycles. The third kappa shape index (κ3) is 3.38. The van der Waals surface area contributed by atoms with Gasteiger partial charge in [0.2, 0.25) is 0 Å². The molecule has 0 amide bonds. The number of ether oxygens (including phenoxy) is 1. The van der Waals surface area contributed by atoms with Crippen LogP contribution < -0.4 is 0 Å². The average Bonchev–Trinajstić information content (AvgIpc) is 2.62. The molecule has 3 heteroatoms. The quantitative estimate of drug-likeness (QED) is 0.847. The molecule has 1 heterocycles. The second kappa shape index (κ2) is 7.05.